The molecule has 0 saturated carbocycles. The van der Waals surface area contributed by atoms with Crippen molar-refractivity contribution < 1.29 is 24.1 Å². The first-order valence-electron chi connectivity index (χ1n) is 9.22. The molecule has 29 heavy (non-hydrogen) atoms. The number of methoxy groups -OCH3 is 1. The van der Waals surface area contributed by atoms with Crippen LogP contribution in [0, 0.1) is 10.1 Å². The maximum absolute atomic E-state index is 12.6. The van der Waals surface area contributed by atoms with E-state index in [2.05, 4.69) is 0 Å². The molecule has 1 aliphatic heterocycles. The Morgan fingerprint density at radius 2 is 2.03 bits per heavy atom. The third-order valence-corrected chi connectivity index (χ3v) is 5.12. The summed E-state index contributed by atoms with van der Waals surface area (Å²) in [6, 6.07) is 9.77. The van der Waals surface area contributed by atoms with Gasteiger partial charge in [0.1, 0.15) is 30.4 Å². The molecule has 0 amide bonds. The number of halogens is 1. The SMILES string of the molecule is COc1ccc(C(=O)/C=C/c2ccc(Cl)c([N+](=O)[O-])c2)cc1C[NH+]1CCOCC1. The average molecular weight is 418 g/mol. The van der Waals surface area contributed by atoms with Crippen molar-refractivity contribution in [1.82, 2.24) is 0 Å². The van der Waals surface area contributed by atoms with E-state index in [1.54, 1.807) is 31.4 Å². The number of carbonyl (C=O) groups is 1. The fourth-order valence-corrected chi connectivity index (χ4v) is 3.40. The van der Waals surface area contributed by atoms with E-state index in [-0.39, 0.29) is 16.5 Å². The Bertz CT molecular complexity index is 939. The number of nitrogens with one attached hydrogen (secondary N) is 1. The Balaban J connectivity index is 1.78. The van der Waals surface area contributed by atoms with Gasteiger partial charge in [0.05, 0.1) is 25.2 Å². The molecule has 0 atom stereocenters. The third-order valence-electron chi connectivity index (χ3n) is 4.80. The van der Waals surface area contributed by atoms with Crippen LogP contribution in [0.5, 0.6) is 5.75 Å². The molecule has 1 saturated heterocycles. The van der Waals surface area contributed by atoms with E-state index >= 15 is 0 Å². The second-order valence-electron chi connectivity index (χ2n) is 6.73. The number of morpholine rings is 1. The number of allylic oxidation sites excluding steroid dienone is 1. The maximum Gasteiger partial charge on any atom is 0.288 e. The van der Waals surface area contributed by atoms with Crippen LogP contribution in [0.15, 0.2) is 42.5 Å². The molecule has 0 radical (unpaired) electrons. The molecule has 0 aliphatic carbocycles. The van der Waals surface area contributed by atoms with E-state index in [0.29, 0.717) is 11.1 Å². The zero-order valence-electron chi connectivity index (χ0n) is 16.0. The van der Waals surface area contributed by atoms with E-state index in [1.807, 2.05) is 6.07 Å². The van der Waals surface area contributed by atoms with E-state index in [0.717, 1.165) is 44.2 Å². The zero-order valence-corrected chi connectivity index (χ0v) is 16.8. The molecule has 1 heterocycles. The minimum absolute atomic E-state index is 0.0592. The molecule has 152 valence electrons. The largest absolute Gasteiger partial charge is 0.496 e. The minimum atomic E-state index is -0.550. The first-order chi connectivity index (χ1) is 14.0. The molecular formula is C21H22ClN2O5+. The summed E-state index contributed by atoms with van der Waals surface area (Å²) < 4.78 is 10.8. The molecule has 1 N–H and O–H groups in total. The van der Waals surface area contributed by atoms with Gasteiger partial charge in [0.25, 0.3) is 5.69 Å². The molecule has 0 unspecified atom stereocenters. The Kier molecular flexibility index (Phi) is 6.98. The molecule has 7 nitrogen and oxygen atoms in total. The number of quaternary nitrogens is 1. The highest BCUT2D eigenvalue weighted by Gasteiger charge is 2.18. The summed E-state index contributed by atoms with van der Waals surface area (Å²) in [7, 11) is 1.61. The van der Waals surface area contributed by atoms with Crippen molar-refractivity contribution in [2.45, 2.75) is 6.54 Å². The minimum Gasteiger partial charge on any atom is -0.496 e. The van der Waals surface area contributed by atoms with Gasteiger partial charge in [-0.1, -0.05) is 23.7 Å². The monoisotopic (exact) mass is 417 g/mol. The van der Waals surface area contributed by atoms with Crippen LogP contribution in [0.1, 0.15) is 21.5 Å². The molecule has 0 aromatic heterocycles. The molecule has 0 spiro atoms. The van der Waals surface area contributed by atoms with Crippen molar-refractivity contribution in [3.8, 4) is 5.75 Å². The van der Waals surface area contributed by atoms with E-state index in [4.69, 9.17) is 21.1 Å². The summed E-state index contributed by atoms with van der Waals surface area (Å²) in [6.45, 7) is 4.03. The fraction of sp³-hybridized carbons (Fsp3) is 0.286. The second kappa shape index (κ2) is 9.65. The number of rotatable bonds is 7. The van der Waals surface area contributed by atoms with Gasteiger partial charge >= 0.3 is 0 Å². The molecular weight excluding hydrogens is 396 g/mol. The number of ketones is 1. The van der Waals surface area contributed by atoms with Gasteiger partial charge in [-0.05, 0) is 35.9 Å². The Labute approximate surface area is 173 Å². The van der Waals surface area contributed by atoms with E-state index in [1.165, 1.54) is 23.1 Å². The second-order valence-corrected chi connectivity index (χ2v) is 7.14. The molecule has 3 rings (SSSR count). The van der Waals surface area contributed by atoms with E-state index in [9.17, 15) is 14.9 Å². The predicted octanol–water partition coefficient (Wildman–Crippen LogP) is 2.57. The number of benzene rings is 2. The van der Waals surface area contributed by atoms with Gasteiger partial charge in [-0.15, -0.1) is 0 Å². The van der Waals surface area contributed by atoms with E-state index < -0.39 is 4.92 Å². The van der Waals surface area contributed by atoms with Gasteiger partial charge in [0.15, 0.2) is 5.78 Å². The summed E-state index contributed by atoms with van der Waals surface area (Å²) in [5, 5.41) is 11.1. The molecule has 0 bridgehead atoms. The normalized spacial score (nSPS) is 14.8. The molecule has 2 aromatic carbocycles. The smallest absolute Gasteiger partial charge is 0.288 e. The summed E-state index contributed by atoms with van der Waals surface area (Å²) in [5.74, 6) is 0.557. The number of ether oxygens (including phenoxy) is 2. The number of hydrogen-bond donors (Lipinski definition) is 1. The van der Waals surface area contributed by atoms with Crippen LogP contribution >= 0.6 is 11.6 Å². The van der Waals surface area contributed by atoms with Gasteiger partial charge in [0.2, 0.25) is 0 Å². The Morgan fingerprint density at radius 1 is 1.28 bits per heavy atom. The highest BCUT2D eigenvalue weighted by atomic mass is 35.5. The van der Waals surface area contributed by atoms with Crippen molar-refractivity contribution in [3.05, 3.63) is 74.3 Å². The Hall–Kier alpha value is -2.74. The van der Waals surface area contributed by atoms with Gasteiger partial charge in [-0.25, -0.2) is 0 Å². The number of nitro groups is 1. The van der Waals surface area contributed by atoms with Crippen LogP contribution < -0.4 is 9.64 Å². The number of nitro benzene ring substituents is 1. The molecule has 2 aromatic rings. The van der Waals surface area contributed by atoms with Crippen LogP contribution in [-0.4, -0.2) is 44.1 Å². The van der Waals surface area contributed by atoms with Gasteiger partial charge in [0, 0.05) is 17.2 Å². The first-order valence-corrected chi connectivity index (χ1v) is 9.60. The predicted molar refractivity (Wildman–Crippen MR) is 110 cm³/mol. The third kappa shape index (κ3) is 5.41. The number of hydrogen-bond acceptors (Lipinski definition) is 5. The van der Waals surface area contributed by atoms with Crippen molar-refractivity contribution >= 4 is 29.1 Å². The summed E-state index contributed by atoms with van der Waals surface area (Å²) in [6.07, 6.45) is 2.95. The lowest BCUT2D eigenvalue weighted by Gasteiger charge is -2.24. The average Bonchev–Trinajstić information content (AvgIpc) is 2.73. The fourth-order valence-electron chi connectivity index (χ4n) is 3.22. The highest BCUT2D eigenvalue weighted by Crippen LogP contribution is 2.26. The van der Waals surface area contributed by atoms with Crippen LogP contribution in [-0.2, 0) is 11.3 Å². The van der Waals surface area contributed by atoms with Gasteiger partial charge < -0.3 is 14.4 Å². The lowest BCUT2D eigenvalue weighted by atomic mass is 10.0. The topological polar surface area (TPSA) is 83.1 Å². The highest BCUT2D eigenvalue weighted by molar-refractivity contribution is 6.32. The van der Waals surface area contributed by atoms with Gasteiger partial charge in [-0.3, -0.25) is 14.9 Å². The maximum atomic E-state index is 12.6. The lowest BCUT2D eigenvalue weighted by Crippen LogP contribution is -3.12. The van der Waals surface area contributed by atoms with Gasteiger partial charge in [-0.2, -0.15) is 0 Å². The summed E-state index contributed by atoms with van der Waals surface area (Å²) >= 11 is 5.82. The van der Waals surface area contributed by atoms with Crippen molar-refractivity contribution in [1.29, 1.82) is 0 Å². The molecule has 1 aliphatic rings. The van der Waals surface area contributed by atoms with Crippen LogP contribution in [0.3, 0.4) is 0 Å². The van der Waals surface area contributed by atoms with Crippen LogP contribution in [0.2, 0.25) is 5.02 Å². The first kappa shape index (κ1) is 21.0. The van der Waals surface area contributed by atoms with Crippen LogP contribution in [0.25, 0.3) is 6.08 Å². The van der Waals surface area contributed by atoms with Crippen molar-refractivity contribution in [2.24, 2.45) is 0 Å². The quantitative estimate of drug-likeness (QED) is 0.324. The van der Waals surface area contributed by atoms with Crippen molar-refractivity contribution in [3.63, 3.8) is 0 Å². The lowest BCUT2D eigenvalue weighted by molar-refractivity contribution is -0.921. The molecule has 8 heteroatoms. The van der Waals surface area contributed by atoms with Crippen molar-refractivity contribution in [2.75, 3.05) is 33.4 Å². The number of carbonyl (C=O) groups excluding carboxylic acids is 1. The number of nitrogens with zero attached hydrogens (tertiary/aromatic N) is 1. The summed E-state index contributed by atoms with van der Waals surface area (Å²) in [4.78, 5) is 24.5. The summed E-state index contributed by atoms with van der Waals surface area (Å²) in [5.41, 5.74) is 1.83. The van der Waals surface area contributed by atoms with Crippen LogP contribution in [0.4, 0.5) is 5.69 Å². The standard InChI is InChI=1S/C21H21ClN2O5/c1-28-21-7-4-16(13-17(21)14-23-8-10-29-11-9-23)20(25)6-3-15-2-5-18(22)19(12-15)24(26)27/h2-7,12-13H,8-11,14H2,1H3/p+1/b6-3+. The molecule has 1 fully saturated rings. The Morgan fingerprint density at radius 3 is 2.72 bits per heavy atom. The zero-order chi connectivity index (χ0) is 20.8.